The van der Waals surface area contributed by atoms with Gasteiger partial charge in [-0.25, -0.2) is 0 Å². The van der Waals surface area contributed by atoms with Crippen molar-refractivity contribution in [2.45, 2.75) is 19.6 Å². The Morgan fingerprint density at radius 2 is 1.74 bits per heavy atom. The molecule has 1 aromatic heterocycles. The van der Waals surface area contributed by atoms with Crippen LogP contribution in [-0.4, -0.2) is 39.8 Å². The van der Waals surface area contributed by atoms with Gasteiger partial charge in [0.2, 0.25) is 0 Å². The number of pyridine rings is 1. The number of nitriles is 1. The number of carboxylic acids is 1. The van der Waals surface area contributed by atoms with E-state index in [0.717, 1.165) is 16.7 Å². The number of hydrogen-bond acceptors (Lipinski definition) is 6. The van der Waals surface area contributed by atoms with Crippen LogP contribution in [-0.2, 0) is 29.1 Å². The average molecular weight is 459 g/mol. The molecule has 2 heterocycles. The van der Waals surface area contributed by atoms with Crippen LogP contribution in [0.4, 0.5) is 0 Å². The van der Waals surface area contributed by atoms with E-state index in [9.17, 15) is 19.5 Å². The number of carboxylic acid groups (broad SMARTS) is 1. The first-order valence-corrected chi connectivity index (χ1v) is 10.5. The smallest absolute Gasteiger partial charge is 0.322 e. The predicted octanol–water partition coefficient (Wildman–Crippen LogP) is 2.03. The third kappa shape index (κ3) is 4.53. The van der Waals surface area contributed by atoms with Gasteiger partial charge in [-0.3, -0.25) is 14.4 Å². The second-order valence-electron chi connectivity index (χ2n) is 7.81. The molecule has 0 saturated heterocycles. The molecule has 0 radical (unpaired) electrons. The quantitative estimate of drug-likeness (QED) is 0.512. The minimum absolute atomic E-state index is 0.110. The zero-order chi connectivity index (χ0) is 24.2. The Bertz CT molecular complexity index is 1350. The number of benzene rings is 2. The number of aromatic hydroxyl groups is 1. The molecule has 172 valence electrons. The number of rotatable bonds is 6. The molecule has 9 heteroatoms. The van der Waals surface area contributed by atoms with E-state index >= 15 is 0 Å². The molecule has 1 aliphatic rings. The summed E-state index contributed by atoms with van der Waals surface area (Å²) < 4.78 is 6.88. The highest BCUT2D eigenvalue weighted by molar-refractivity contribution is 5.98. The normalized spacial score (nSPS) is 12.4. The molecule has 0 fully saturated rings. The molecule has 0 saturated carbocycles. The van der Waals surface area contributed by atoms with Gasteiger partial charge in [-0.2, -0.15) is 5.26 Å². The highest BCUT2D eigenvalue weighted by Crippen LogP contribution is 2.28. The summed E-state index contributed by atoms with van der Waals surface area (Å²) in [6, 6.07) is 16.8. The Kier molecular flexibility index (Phi) is 6.43. The standard InChI is InChI=1S/C25H21N3O6/c26-11-15-1-5-17(6-2-15)18-7-3-16(4-8-18)13-28-20-14-34-10-9-19(20)23(31)22(25(28)33)24(32)27-12-21(29)30/h1-8,31H,9-10,12-14H2,(H,27,32)(H,29,30). The number of nitrogens with zero attached hydrogens (tertiary/aromatic N) is 2. The Hall–Kier alpha value is -4.42. The monoisotopic (exact) mass is 459 g/mol. The van der Waals surface area contributed by atoms with Crippen molar-refractivity contribution in [2.75, 3.05) is 13.2 Å². The Labute approximate surface area is 194 Å². The molecule has 34 heavy (non-hydrogen) atoms. The lowest BCUT2D eigenvalue weighted by Crippen LogP contribution is -2.38. The maximum absolute atomic E-state index is 13.2. The second-order valence-corrected chi connectivity index (χ2v) is 7.81. The van der Waals surface area contributed by atoms with Crippen molar-refractivity contribution >= 4 is 11.9 Å². The zero-order valence-electron chi connectivity index (χ0n) is 18.1. The van der Waals surface area contributed by atoms with Crippen LogP contribution in [0.15, 0.2) is 53.3 Å². The Balaban J connectivity index is 1.69. The molecule has 0 spiro atoms. The van der Waals surface area contributed by atoms with Gasteiger partial charge in [-0.1, -0.05) is 36.4 Å². The van der Waals surface area contributed by atoms with Crippen LogP contribution in [0, 0.1) is 11.3 Å². The molecule has 0 unspecified atom stereocenters. The zero-order valence-corrected chi connectivity index (χ0v) is 18.1. The van der Waals surface area contributed by atoms with Crippen LogP contribution in [0.3, 0.4) is 0 Å². The topological polar surface area (TPSA) is 142 Å². The number of carbonyl (C=O) groups is 2. The highest BCUT2D eigenvalue weighted by Gasteiger charge is 2.27. The van der Waals surface area contributed by atoms with Gasteiger partial charge in [0.1, 0.15) is 17.9 Å². The second kappa shape index (κ2) is 9.60. The van der Waals surface area contributed by atoms with Crippen molar-refractivity contribution in [3.63, 3.8) is 0 Å². The van der Waals surface area contributed by atoms with Crippen molar-refractivity contribution < 1.29 is 24.5 Å². The molecule has 4 rings (SSSR count). The van der Waals surface area contributed by atoms with Gasteiger partial charge >= 0.3 is 5.97 Å². The highest BCUT2D eigenvalue weighted by atomic mass is 16.5. The first-order chi connectivity index (χ1) is 16.4. The van der Waals surface area contributed by atoms with Crippen molar-refractivity contribution in [1.29, 1.82) is 5.26 Å². The van der Waals surface area contributed by atoms with Crippen LogP contribution >= 0.6 is 0 Å². The molecular formula is C25H21N3O6. The van der Waals surface area contributed by atoms with Gasteiger partial charge in [-0.15, -0.1) is 0 Å². The summed E-state index contributed by atoms with van der Waals surface area (Å²) in [6.07, 6.45) is 0.318. The van der Waals surface area contributed by atoms with Crippen molar-refractivity contribution in [3.8, 4) is 22.9 Å². The fourth-order valence-electron chi connectivity index (χ4n) is 3.92. The number of fused-ring (bicyclic) bond motifs is 1. The summed E-state index contributed by atoms with van der Waals surface area (Å²) in [5.74, 6) is -2.63. The van der Waals surface area contributed by atoms with Crippen molar-refractivity contribution in [2.24, 2.45) is 0 Å². The van der Waals surface area contributed by atoms with Crippen molar-refractivity contribution in [3.05, 3.63) is 86.8 Å². The fourth-order valence-corrected chi connectivity index (χ4v) is 3.92. The molecule has 2 aromatic carbocycles. The molecule has 3 N–H and O–H groups in total. The average Bonchev–Trinajstić information content (AvgIpc) is 2.86. The van der Waals surface area contributed by atoms with E-state index in [1.165, 1.54) is 4.57 Å². The number of ether oxygens (including phenoxy) is 1. The van der Waals surface area contributed by atoms with Crippen LogP contribution in [0.25, 0.3) is 11.1 Å². The number of carbonyl (C=O) groups excluding carboxylic acids is 1. The van der Waals surface area contributed by atoms with Crippen LogP contribution in [0.1, 0.15) is 32.7 Å². The lowest BCUT2D eigenvalue weighted by Gasteiger charge is -2.24. The first-order valence-electron chi connectivity index (χ1n) is 10.5. The Morgan fingerprint density at radius 3 is 2.35 bits per heavy atom. The van der Waals surface area contributed by atoms with Gasteiger partial charge in [-0.05, 0) is 28.8 Å². The summed E-state index contributed by atoms with van der Waals surface area (Å²) in [4.78, 5) is 36.6. The lowest BCUT2D eigenvalue weighted by molar-refractivity contribution is -0.135. The molecule has 0 bridgehead atoms. The van der Waals surface area contributed by atoms with Crippen molar-refractivity contribution in [1.82, 2.24) is 9.88 Å². The van der Waals surface area contributed by atoms with E-state index in [4.69, 9.17) is 15.1 Å². The van der Waals surface area contributed by atoms with Gasteiger partial charge < -0.3 is 24.8 Å². The largest absolute Gasteiger partial charge is 0.507 e. The molecule has 0 atom stereocenters. The van der Waals surface area contributed by atoms with E-state index < -0.39 is 35.3 Å². The van der Waals surface area contributed by atoms with Crippen LogP contribution in [0.2, 0.25) is 0 Å². The van der Waals surface area contributed by atoms with Gasteiger partial charge in [0.05, 0.1) is 37.1 Å². The molecule has 1 amide bonds. The summed E-state index contributed by atoms with van der Waals surface area (Å²) in [5, 5.41) is 30.6. The number of aromatic nitrogens is 1. The number of amides is 1. The third-order valence-electron chi connectivity index (χ3n) is 5.66. The van der Waals surface area contributed by atoms with Crippen LogP contribution in [0.5, 0.6) is 5.75 Å². The van der Waals surface area contributed by atoms with Gasteiger partial charge in [0.25, 0.3) is 11.5 Å². The maximum Gasteiger partial charge on any atom is 0.322 e. The molecule has 0 aliphatic carbocycles. The van der Waals surface area contributed by atoms with Gasteiger partial charge in [0.15, 0.2) is 0 Å². The minimum Gasteiger partial charge on any atom is -0.507 e. The Morgan fingerprint density at radius 1 is 1.09 bits per heavy atom. The summed E-state index contributed by atoms with van der Waals surface area (Å²) in [7, 11) is 0. The van der Waals surface area contributed by atoms with E-state index in [2.05, 4.69) is 11.4 Å². The number of aliphatic carboxylic acids is 1. The first kappa shape index (κ1) is 22.8. The molecule has 9 nitrogen and oxygen atoms in total. The predicted molar refractivity (Wildman–Crippen MR) is 121 cm³/mol. The molecule has 3 aromatic rings. The van der Waals surface area contributed by atoms with E-state index in [-0.39, 0.29) is 13.2 Å². The van der Waals surface area contributed by atoms with E-state index in [1.54, 1.807) is 12.1 Å². The number of nitrogens with one attached hydrogen (secondary N) is 1. The number of hydrogen-bond donors (Lipinski definition) is 3. The maximum atomic E-state index is 13.2. The summed E-state index contributed by atoms with van der Waals surface area (Å²) in [5.41, 5.74) is 2.97. The SMILES string of the molecule is N#Cc1ccc(-c2ccc(Cn3c4c(c(O)c(C(=O)NCC(=O)O)c3=O)CCOC4)cc2)cc1. The van der Waals surface area contributed by atoms with Crippen LogP contribution < -0.4 is 10.9 Å². The summed E-state index contributed by atoms with van der Waals surface area (Å²) >= 11 is 0. The lowest BCUT2D eigenvalue weighted by atomic mass is 10.0. The van der Waals surface area contributed by atoms with E-state index in [1.807, 2.05) is 36.4 Å². The summed E-state index contributed by atoms with van der Waals surface area (Å²) in [6.45, 7) is -0.0981. The van der Waals surface area contributed by atoms with Gasteiger partial charge in [0, 0.05) is 12.0 Å². The molecule has 1 aliphatic heterocycles. The van der Waals surface area contributed by atoms with E-state index in [0.29, 0.717) is 29.8 Å². The minimum atomic E-state index is -1.26. The molecular weight excluding hydrogens is 438 g/mol. The fraction of sp³-hybridized carbons (Fsp3) is 0.200. The third-order valence-corrected chi connectivity index (χ3v) is 5.66.